The van der Waals surface area contributed by atoms with Gasteiger partial charge in [0.1, 0.15) is 17.4 Å². The summed E-state index contributed by atoms with van der Waals surface area (Å²) < 4.78 is 50.3. The van der Waals surface area contributed by atoms with E-state index in [1.165, 1.54) is 12.1 Å². The monoisotopic (exact) mass is 551 g/mol. The maximum absolute atomic E-state index is 14.5. The molecular formula is C27H42FN5O4S. The van der Waals surface area contributed by atoms with Gasteiger partial charge in [0.2, 0.25) is 0 Å². The van der Waals surface area contributed by atoms with Crippen molar-refractivity contribution >= 4 is 21.9 Å². The van der Waals surface area contributed by atoms with Crippen molar-refractivity contribution in [3.05, 3.63) is 41.7 Å². The Kier molecular flexibility index (Phi) is 8.29. The molecule has 0 spiro atoms. The molecule has 4 rings (SSSR count). The predicted molar refractivity (Wildman–Crippen MR) is 150 cm³/mol. The fraction of sp³-hybridized carbons (Fsp3) is 0.556. The van der Waals surface area contributed by atoms with E-state index in [2.05, 4.69) is 35.5 Å². The smallest absolute Gasteiger partial charge is 0.301 e. The van der Waals surface area contributed by atoms with E-state index in [0.29, 0.717) is 61.4 Å². The molecule has 0 aliphatic carbocycles. The van der Waals surface area contributed by atoms with Gasteiger partial charge in [-0.2, -0.15) is 13.1 Å². The van der Waals surface area contributed by atoms with Gasteiger partial charge in [-0.05, 0) is 69.3 Å². The quantitative estimate of drug-likeness (QED) is 0.432. The van der Waals surface area contributed by atoms with Crippen molar-refractivity contribution in [1.29, 1.82) is 0 Å². The van der Waals surface area contributed by atoms with Crippen LogP contribution >= 0.6 is 0 Å². The number of aromatic nitrogens is 1. The van der Waals surface area contributed by atoms with E-state index in [-0.39, 0.29) is 25.9 Å². The Morgan fingerprint density at radius 2 is 2.08 bits per heavy atom. The van der Waals surface area contributed by atoms with Gasteiger partial charge in [0.15, 0.2) is 0 Å². The molecule has 2 fully saturated rings. The van der Waals surface area contributed by atoms with E-state index in [1.807, 2.05) is 18.7 Å². The van der Waals surface area contributed by atoms with Crippen LogP contribution in [0.2, 0.25) is 0 Å². The topological polar surface area (TPSA) is 113 Å². The van der Waals surface area contributed by atoms with Crippen LogP contribution in [0.4, 0.5) is 10.2 Å². The van der Waals surface area contributed by atoms with Gasteiger partial charge in [-0.25, -0.2) is 14.1 Å². The number of pyridine rings is 1. The molecule has 2 saturated heterocycles. The van der Waals surface area contributed by atoms with Crippen molar-refractivity contribution in [2.24, 2.45) is 11.8 Å². The Hall–Kier alpha value is -2.76. The molecule has 2 atom stereocenters. The lowest BCUT2D eigenvalue weighted by molar-refractivity contribution is 0.0981. The summed E-state index contributed by atoms with van der Waals surface area (Å²) in [5.41, 5.74) is 0.780. The molecular weight excluding hydrogens is 509 g/mol. The highest BCUT2D eigenvalue weighted by Gasteiger charge is 2.39. The predicted octanol–water partition coefficient (Wildman–Crippen LogP) is 3.97. The third-order valence-corrected chi connectivity index (χ3v) is 7.91. The zero-order valence-electron chi connectivity index (χ0n) is 22.7. The number of ether oxygens (including phenoxy) is 1. The molecule has 3 heterocycles. The first-order valence-electron chi connectivity index (χ1n) is 13.1. The van der Waals surface area contributed by atoms with Gasteiger partial charge in [0, 0.05) is 39.2 Å². The number of carbonyl (C=O) groups excluding carboxylic acids is 1. The molecule has 0 saturated carbocycles. The summed E-state index contributed by atoms with van der Waals surface area (Å²) in [6, 6.07) is 7.30. The minimum Gasteiger partial charge on any atom is -0.493 e. The van der Waals surface area contributed by atoms with E-state index in [4.69, 9.17) is 9.72 Å². The van der Waals surface area contributed by atoms with Crippen LogP contribution in [0.3, 0.4) is 0 Å². The van der Waals surface area contributed by atoms with Crippen LogP contribution in [0.15, 0.2) is 30.3 Å². The summed E-state index contributed by atoms with van der Waals surface area (Å²) in [4.78, 5) is 20.2. The molecule has 212 valence electrons. The Bertz CT molecular complexity index is 1290. The van der Waals surface area contributed by atoms with E-state index in [1.54, 1.807) is 18.2 Å². The van der Waals surface area contributed by atoms with Crippen molar-refractivity contribution in [3.63, 3.8) is 0 Å². The molecule has 0 bridgehead atoms. The number of nitrogens with zero attached hydrogens (tertiary/aromatic N) is 2. The maximum atomic E-state index is 14.5. The van der Waals surface area contributed by atoms with Crippen molar-refractivity contribution in [2.45, 2.75) is 59.0 Å². The lowest BCUT2D eigenvalue weighted by Gasteiger charge is -2.34. The fourth-order valence-corrected chi connectivity index (χ4v) is 6.24. The van der Waals surface area contributed by atoms with Crippen LogP contribution in [0, 0.1) is 17.7 Å². The van der Waals surface area contributed by atoms with Crippen molar-refractivity contribution in [2.75, 3.05) is 31.1 Å². The summed E-state index contributed by atoms with van der Waals surface area (Å²) in [7, 11) is -4.08. The van der Waals surface area contributed by atoms with Crippen LogP contribution in [0.5, 0.6) is 5.75 Å². The standard InChI is InChI=1S/C27H38FN5O4S.2H2/c1-17(2)16-37-22-11-19(10-20(28)12-22)24-7-6-23(25(30-24)33-15-18(3)13-27(33,4)5)26(34)32-38(35,36)31-21-8-9-29-14-21;;/h6-7,10-12,17-18,21,29,31H,8-9,13-16H2,1-5H3,(H,32,34);2*1H/t18-,21+;;/m0../s1. The lowest BCUT2D eigenvalue weighted by Crippen LogP contribution is -2.46. The second-order valence-corrected chi connectivity index (χ2v) is 12.9. The van der Waals surface area contributed by atoms with Gasteiger partial charge in [-0.15, -0.1) is 0 Å². The van der Waals surface area contributed by atoms with Gasteiger partial charge in [0.25, 0.3) is 5.91 Å². The van der Waals surface area contributed by atoms with Crippen LogP contribution < -0.4 is 24.4 Å². The number of hydrogen-bond acceptors (Lipinski definition) is 7. The number of benzene rings is 1. The van der Waals surface area contributed by atoms with Crippen LogP contribution in [-0.2, 0) is 10.2 Å². The van der Waals surface area contributed by atoms with E-state index < -0.39 is 21.9 Å². The summed E-state index contributed by atoms with van der Waals surface area (Å²) in [5.74, 6) is 0.151. The molecule has 1 amide bonds. The normalized spacial score (nSPS) is 21.2. The van der Waals surface area contributed by atoms with E-state index in [9.17, 15) is 17.6 Å². The van der Waals surface area contributed by atoms with Gasteiger partial charge in [0.05, 0.1) is 17.9 Å². The van der Waals surface area contributed by atoms with Crippen molar-refractivity contribution in [3.8, 4) is 17.0 Å². The number of halogens is 1. The average molecular weight is 552 g/mol. The molecule has 11 heteroatoms. The molecule has 0 radical (unpaired) electrons. The van der Waals surface area contributed by atoms with E-state index >= 15 is 0 Å². The first-order chi connectivity index (χ1) is 17.8. The summed E-state index contributed by atoms with van der Waals surface area (Å²) >= 11 is 0. The molecule has 9 nitrogen and oxygen atoms in total. The zero-order valence-corrected chi connectivity index (χ0v) is 23.5. The lowest BCUT2D eigenvalue weighted by atomic mass is 9.97. The van der Waals surface area contributed by atoms with Gasteiger partial charge in [-0.1, -0.05) is 20.8 Å². The molecule has 1 aromatic carbocycles. The first-order valence-corrected chi connectivity index (χ1v) is 14.6. The average Bonchev–Trinajstić information content (AvgIpc) is 3.41. The minimum atomic E-state index is -4.08. The Balaban J connectivity index is 0.00000280. The second kappa shape index (κ2) is 11.2. The largest absolute Gasteiger partial charge is 0.493 e. The van der Waals surface area contributed by atoms with Crippen molar-refractivity contribution in [1.82, 2.24) is 19.7 Å². The van der Waals surface area contributed by atoms with Gasteiger partial charge < -0.3 is 15.0 Å². The van der Waals surface area contributed by atoms with Crippen LogP contribution in [0.1, 0.15) is 60.7 Å². The summed E-state index contributed by atoms with van der Waals surface area (Å²) in [6.45, 7) is 12.6. The van der Waals surface area contributed by atoms with Crippen LogP contribution in [-0.4, -0.2) is 57.1 Å². The fourth-order valence-electron chi connectivity index (χ4n) is 5.19. The zero-order chi connectivity index (χ0) is 27.7. The molecule has 0 unspecified atom stereocenters. The number of amides is 1. The van der Waals surface area contributed by atoms with E-state index in [0.717, 1.165) is 6.42 Å². The molecule has 2 aromatic rings. The number of anilines is 1. The third kappa shape index (κ3) is 6.81. The number of nitrogens with one attached hydrogen (secondary N) is 3. The Morgan fingerprint density at radius 1 is 1.32 bits per heavy atom. The summed E-state index contributed by atoms with van der Waals surface area (Å²) in [6.07, 6.45) is 1.52. The highest BCUT2D eigenvalue weighted by atomic mass is 32.2. The highest BCUT2D eigenvalue weighted by molar-refractivity contribution is 7.88. The molecule has 3 N–H and O–H groups in total. The number of hydrogen-bond donors (Lipinski definition) is 3. The Morgan fingerprint density at radius 3 is 2.71 bits per heavy atom. The number of carbonyl (C=O) groups is 1. The third-order valence-electron chi connectivity index (χ3n) is 6.81. The molecule has 1 aromatic heterocycles. The molecule has 38 heavy (non-hydrogen) atoms. The SMILES string of the molecule is CC(C)COc1cc(F)cc(-c2ccc(C(=O)NS(=O)(=O)N[C@@H]3CCNC3)c(N3C[C@@H](C)CC3(C)C)n2)c1.[HH].[HH]. The Labute approximate surface area is 227 Å². The van der Waals surface area contributed by atoms with Gasteiger partial charge in [-0.3, -0.25) is 4.79 Å². The highest BCUT2D eigenvalue weighted by Crippen LogP contribution is 2.38. The first kappa shape index (κ1) is 28.3. The maximum Gasteiger partial charge on any atom is 0.301 e. The van der Waals surface area contributed by atoms with Crippen molar-refractivity contribution < 1.29 is 25.2 Å². The van der Waals surface area contributed by atoms with Crippen LogP contribution in [0.25, 0.3) is 11.3 Å². The van der Waals surface area contributed by atoms with Gasteiger partial charge >= 0.3 is 10.2 Å². The molecule has 2 aliphatic rings. The minimum absolute atomic E-state index is 0. The summed E-state index contributed by atoms with van der Waals surface area (Å²) in [5, 5.41) is 3.09. The number of rotatable bonds is 9. The molecule has 2 aliphatic heterocycles. The second-order valence-electron chi connectivity index (χ2n) is 11.4.